The van der Waals surface area contributed by atoms with Gasteiger partial charge in [0.05, 0.1) is 25.4 Å². The summed E-state index contributed by atoms with van der Waals surface area (Å²) in [6, 6.07) is 24.8. The van der Waals surface area contributed by atoms with Gasteiger partial charge in [-0.15, -0.1) is 0 Å². The molecule has 0 saturated heterocycles. The predicted molar refractivity (Wildman–Crippen MR) is 217 cm³/mol. The second-order valence-electron chi connectivity index (χ2n) is 13.6. The van der Waals surface area contributed by atoms with Gasteiger partial charge in [0, 0.05) is 24.1 Å². The number of hydrogen-bond acceptors (Lipinski definition) is 8. The summed E-state index contributed by atoms with van der Waals surface area (Å²) in [7, 11) is 0. The minimum atomic E-state index is -0.463. The van der Waals surface area contributed by atoms with E-state index >= 15 is 0 Å². The molecule has 8 nitrogen and oxygen atoms in total. The van der Waals surface area contributed by atoms with Crippen LogP contribution >= 0.6 is 0 Å². The zero-order valence-electron chi connectivity index (χ0n) is 32.2. The van der Waals surface area contributed by atoms with Crippen LogP contribution in [0.2, 0.25) is 0 Å². The van der Waals surface area contributed by atoms with Gasteiger partial charge in [-0.25, -0.2) is 14.4 Å². The van der Waals surface area contributed by atoms with Crippen molar-refractivity contribution in [2.75, 3.05) is 19.8 Å². The molecular weight excluding hydrogens is 693 g/mol. The summed E-state index contributed by atoms with van der Waals surface area (Å²) in [5.74, 6) is -0.0659. The lowest BCUT2D eigenvalue weighted by Gasteiger charge is -2.12. The molecule has 4 aromatic carbocycles. The average molecular weight is 747 g/mol. The van der Waals surface area contributed by atoms with Crippen LogP contribution < -0.4 is 9.47 Å². The third-order valence-electron chi connectivity index (χ3n) is 9.31. The van der Waals surface area contributed by atoms with Gasteiger partial charge in [0.25, 0.3) is 0 Å². The Balaban J connectivity index is 1.23. The number of hydrogen-bond donors (Lipinski definition) is 0. The van der Waals surface area contributed by atoms with E-state index in [0.29, 0.717) is 42.4 Å². The molecule has 4 rings (SSSR count). The highest BCUT2D eigenvalue weighted by molar-refractivity contribution is 6.01. The monoisotopic (exact) mass is 746 g/mol. The molecular formula is C47H54O8. The SMILES string of the molecule is C=CC(=O)OCCCCCCCc1ccc2cc(C(=O)Cc3ccc(OC(=O)c4ccc(OCCCCCCOC(=O)C=C)cc4)cc3CCC)ccc2c1. The van der Waals surface area contributed by atoms with Gasteiger partial charge < -0.3 is 18.9 Å². The molecule has 0 radical (unpaired) electrons. The molecule has 0 aliphatic carbocycles. The van der Waals surface area contributed by atoms with E-state index in [4.69, 9.17) is 18.9 Å². The number of carbonyl (C=O) groups excluding carboxylic acids is 4. The number of unbranched alkanes of at least 4 members (excludes halogenated alkanes) is 7. The molecule has 0 saturated carbocycles. The quantitative estimate of drug-likeness (QED) is 0.0217. The van der Waals surface area contributed by atoms with Crippen molar-refractivity contribution < 1.29 is 38.1 Å². The number of carbonyl (C=O) groups is 4. The Morgan fingerprint density at radius 2 is 1.15 bits per heavy atom. The van der Waals surface area contributed by atoms with E-state index in [1.807, 2.05) is 30.3 Å². The van der Waals surface area contributed by atoms with E-state index < -0.39 is 11.9 Å². The van der Waals surface area contributed by atoms with Gasteiger partial charge in [-0.1, -0.05) is 82.2 Å². The van der Waals surface area contributed by atoms with E-state index in [1.54, 1.807) is 30.3 Å². The van der Waals surface area contributed by atoms with E-state index in [9.17, 15) is 19.2 Å². The summed E-state index contributed by atoms with van der Waals surface area (Å²) in [6.45, 7) is 10.3. The van der Waals surface area contributed by atoms with E-state index in [-0.39, 0.29) is 18.2 Å². The summed E-state index contributed by atoms with van der Waals surface area (Å²) in [5.41, 5.74) is 4.29. The first-order chi connectivity index (χ1) is 26.8. The number of rotatable bonds is 25. The minimum absolute atomic E-state index is 0.0428. The first kappa shape index (κ1) is 42.2. The molecule has 4 aromatic rings. The highest BCUT2D eigenvalue weighted by atomic mass is 16.5. The predicted octanol–water partition coefficient (Wildman–Crippen LogP) is 10.3. The molecule has 0 aliphatic rings. The topological polar surface area (TPSA) is 105 Å². The molecule has 0 amide bonds. The van der Waals surface area contributed by atoms with Crippen LogP contribution in [0.4, 0.5) is 0 Å². The first-order valence-electron chi connectivity index (χ1n) is 19.5. The molecule has 0 atom stereocenters. The fourth-order valence-electron chi connectivity index (χ4n) is 6.27. The number of fused-ring (bicyclic) bond motifs is 1. The summed E-state index contributed by atoms with van der Waals surface area (Å²) >= 11 is 0. The van der Waals surface area contributed by atoms with Gasteiger partial charge >= 0.3 is 17.9 Å². The molecule has 55 heavy (non-hydrogen) atoms. The summed E-state index contributed by atoms with van der Waals surface area (Å²) < 4.78 is 21.6. The summed E-state index contributed by atoms with van der Waals surface area (Å²) in [4.78, 5) is 48.7. The van der Waals surface area contributed by atoms with Crippen LogP contribution in [0.1, 0.15) is 109 Å². The largest absolute Gasteiger partial charge is 0.494 e. The third kappa shape index (κ3) is 14.7. The number of ketones is 1. The van der Waals surface area contributed by atoms with Crippen LogP contribution in [0.15, 0.2) is 104 Å². The van der Waals surface area contributed by atoms with Crippen molar-refractivity contribution in [3.05, 3.63) is 132 Å². The maximum Gasteiger partial charge on any atom is 0.343 e. The molecule has 290 valence electrons. The van der Waals surface area contributed by atoms with Crippen molar-refractivity contribution in [1.82, 2.24) is 0 Å². The van der Waals surface area contributed by atoms with Gasteiger partial charge in [-0.3, -0.25) is 4.79 Å². The lowest BCUT2D eigenvalue weighted by Crippen LogP contribution is -2.10. The van der Waals surface area contributed by atoms with Gasteiger partial charge in [-0.05, 0) is 121 Å². The second kappa shape index (κ2) is 23.3. The normalized spacial score (nSPS) is 10.8. The fraction of sp³-hybridized carbons (Fsp3) is 0.362. The Hall–Kier alpha value is -5.50. The summed E-state index contributed by atoms with van der Waals surface area (Å²) in [5, 5.41) is 2.16. The van der Waals surface area contributed by atoms with Crippen LogP contribution in [-0.2, 0) is 38.3 Å². The lowest BCUT2D eigenvalue weighted by atomic mass is 9.94. The van der Waals surface area contributed by atoms with E-state index in [0.717, 1.165) is 105 Å². The van der Waals surface area contributed by atoms with Crippen molar-refractivity contribution in [3.8, 4) is 11.5 Å². The van der Waals surface area contributed by atoms with Crippen molar-refractivity contribution in [2.45, 2.75) is 90.4 Å². The van der Waals surface area contributed by atoms with Crippen molar-refractivity contribution in [1.29, 1.82) is 0 Å². The fourth-order valence-corrected chi connectivity index (χ4v) is 6.27. The van der Waals surface area contributed by atoms with Crippen LogP contribution in [0.3, 0.4) is 0 Å². The Morgan fingerprint density at radius 1 is 0.564 bits per heavy atom. The van der Waals surface area contributed by atoms with Crippen LogP contribution in [0.5, 0.6) is 11.5 Å². The molecule has 0 fully saturated rings. The van der Waals surface area contributed by atoms with Gasteiger partial charge in [0.2, 0.25) is 0 Å². The summed E-state index contributed by atoms with van der Waals surface area (Å²) in [6.07, 6.45) is 14.0. The zero-order valence-corrected chi connectivity index (χ0v) is 32.2. The molecule has 0 N–H and O–H groups in total. The number of aryl methyl sites for hydroxylation is 2. The van der Waals surface area contributed by atoms with Crippen LogP contribution in [0.25, 0.3) is 10.8 Å². The van der Waals surface area contributed by atoms with Crippen molar-refractivity contribution in [2.24, 2.45) is 0 Å². The molecule has 0 aromatic heterocycles. The van der Waals surface area contributed by atoms with Crippen molar-refractivity contribution >= 4 is 34.5 Å². The van der Waals surface area contributed by atoms with Crippen LogP contribution in [0, 0.1) is 0 Å². The zero-order chi connectivity index (χ0) is 39.3. The first-order valence-corrected chi connectivity index (χ1v) is 19.5. The smallest absolute Gasteiger partial charge is 0.343 e. The molecule has 0 bridgehead atoms. The second-order valence-corrected chi connectivity index (χ2v) is 13.6. The standard InChI is InChI=1S/C47H54O8/c1-4-16-37-33-43(55-47(51)36-22-25-42(26-23-36)52-28-13-10-11-15-30-54-46(50)6-3)27-24-40(37)34-44(48)41-21-20-38-31-35(18-19-39(38)32-41)17-12-8-7-9-14-29-53-45(49)5-2/h5-6,18-27,31-33H,2-4,7-17,28-30,34H2,1H3. The van der Waals surface area contributed by atoms with Crippen molar-refractivity contribution in [3.63, 3.8) is 0 Å². The Labute approximate surface area is 325 Å². The number of ether oxygens (including phenoxy) is 4. The highest BCUT2D eigenvalue weighted by Gasteiger charge is 2.15. The average Bonchev–Trinajstić information content (AvgIpc) is 3.20. The molecule has 0 aliphatic heterocycles. The van der Waals surface area contributed by atoms with E-state index in [1.165, 1.54) is 11.6 Å². The Bertz CT molecular complexity index is 1890. The Morgan fingerprint density at radius 3 is 1.82 bits per heavy atom. The molecule has 0 unspecified atom stereocenters. The molecule has 0 spiro atoms. The Kier molecular flexibility index (Phi) is 17.9. The third-order valence-corrected chi connectivity index (χ3v) is 9.31. The van der Waals surface area contributed by atoms with Gasteiger partial charge in [-0.2, -0.15) is 0 Å². The number of Topliss-reactive ketones (excluding diaryl/α,β-unsaturated/α-hetero) is 1. The number of esters is 3. The van der Waals surface area contributed by atoms with Crippen LogP contribution in [-0.4, -0.2) is 43.5 Å². The lowest BCUT2D eigenvalue weighted by molar-refractivity contribution is -0.138. The molecule has 0 heterocycles. The maximum atomic E-state index is 13.5. The highest BCUT2D eigenvalue weighted by Crippen LogP contribution is 2.25. The minimum Gasteiger partial charge on any atom is -0.494 e. The van der Waals surface area contributed by atoms with Gasteiger partial charge in [0.15, 0.2) is 5.78 Å². The maximum absolute atomic E-state index is 13.5. The number of benzene rings is 4. The van der Waals surface area contributed by atoms with E-state index in [2.05, 4.69) is 38.3 Å². The molecule has 8 heteroatoms. The van der Waals surface area contributed by atoms with Gasteiger partial charge in [0.1, 0.15) is 11.5 Å².